The number of benzene rings is 1. The third kappa shape index (κ3) is 1.82. The third-order valence-corrected chi connectivity index (χ3v) is 3.70. The molecule has 2 atom stereocenters. The van der Waals surface area contributed by atoms with Crippen molar-refractivity contribution >= 4 is 11.0 Å². The molecule has 1 aliphatic rings. The minimum atomic E-state index is 0.154. The van der Waals surface area contributed by atoms with Crippen molar-refractivity contribution in [3.05, 3.63) is 30.1 Å². The molecule has 0 radical (unpaired) electrons. The smallest absolute Gasteiger partial charge is 0.109 e. The van der Waals surface area contributed by atoms with Gasteiger partial charge in [-0.1, -0.05) is 19.1 Å². The summed E-state index contributed by atoms with van der Waals surface area (Å²) in [6.07, 6.45) is 1.83. The van der Waals surface area contributed by atoms with Crippen molar-refractivity contribution in [3.8, 4) is 0 Å². The van der Waals surface area contributed by atoms with Gasteiger partial charge < -0.3 is 15.0 Å². The van der Waals surface area contributed by atoms with Crippen molar-refractivity contribution in [1.82, 2.24) is 9.55 Å². The van der Waals surface area contributed by atoms with E-state index in [0.29, 0.717) is 6.61 Å². The lowest BCUT2D eigenvalue weighted by Gasteiger charge is -2.31. The number of imidazole rings is 1. The van der Waals surface area contributed by atoms with Crippen LogP contribution in [0.3, 0.4) is 0 Å². The van der Waals surface area contributed by atoms with Gasteiger partial charge in [0.05, 0.1) is 23.7 Å². The largest absolute Gasteiger partial charge is 0.379 e. The fourth-order valence-electron chi connectivity index (χ4n) is 2.72. The van der Waals surface area contributed by atoms with Crippen molar-refractivity contribution < 1.29 is 4.74 Å². The summed E-state index contributed by atoms with van der Waals surface area (Å²) in [7, 11) is 0. The van der Waals surface area contributed by atoms with Gasteiger partial charge in [0.25, 0.3) is 0 Å². The van der Waals surface area contributed by atoms with E-state index >= 15 is 0 Å². The number of aryl methyl sites for hydroxylation is 1. The second kappa shape index (κ2) is 4.71. The molecule has 4 heteroatoms. The minimum absolute atomic E-state index is 0.154. The first-order valence-electron chi connectivity index (χ1n) is 6.60. The van der Waals surface area contributed by atoms with Crippen molar-refractivity contribution in [2.24, 2.45) is 5.73 Å². The maximum Gasteiger partial charge on any atom is 0.109 e. The quantitative estimate of drug-likeness (QED) is 0.879. The minimum Gasteiger partial charge on any atom is -0.379 e. The Labute approximate surface area is 107 Å². The number of fused-ring (bicyclic) bond motifs is 1. The van der Waals surface area contributed by atoms with Crippen LogP contribution in [-0.4, -0.2) is 28.8 Å². The van der Waals surface area contributed by atoms with Crippen molar-refractivity contribution in [2.45, 2.75) is 31.8 Å². The van der Waals surface area contributed by atoms with E-state index in [-0.39, 0.29) is 12.1 Å². The van der Waals surface area contributed by atoms with Crippen LogP contribution in [0.5, 0.6) is 0 Å². The molecule has 1 aliphatic heterocycles. The molecule has 1 saturated heterocycles. The summed E-state index contributed by atoms with van der Waals surface area (Å²) in [4.78, 5) is 4.69. The molecule has 0 saturated carbocycles. The second-order valence-corrected chi connectivity index (χ2v) is 4.84. The molecule has 1 fully saturated rings. The Morgan fingerprint density at radius 1 is 1.44 bits per heavy atom. The number of hydrogen-bond donors (Lipinski definition) is 1. The molecule has 2 heterocycles. The summed E-state index contributed by atoms with van der Waals surface area (Å²) in [6.45, 7) is 3.59. The lowest BCUT2D eigenvalue weighted by Crippen LogP contribution is -2.40. The molecule has 0 aliphatic carbocycles. The Morgan fingerprint density at radius 3 is 3.06 bits per heavy atom. The Bertz CT molecular complexity index is 549. The molecule has 4 nitrogen and oxygen atoms in total. The zero-order valence-electron chi connectivity index (χ0n) is 10.7. The van der Waals surface area contributed by atoms with Crippen LogP contribution in [0.15, 0.2) is 24.3 Å². The second-order valence-electron chi connectivity index (χ2n) is 4.84. The van der Waals surface area contributed by atoms with Crippen LogP contribution in [0.1, 0.15) is 25.2 Å². The zero-order valence-corrected chi connectivity index (χ0v) is 10.7. The molecule has 1 aromatic heterocycles. The zero-order chi connectivity index (χ0) is 12.5. The predicted molar refractivity (Wildman–Crippen MR) is 71.6 cm³/mol. The van der Waals surface area contributed by atoms with Crippen molar-refractivity contribution in [3.63, 3.8) is 0 Å². The molecule has 96 valence electrons. The first kappa shape index (κ1) is 11.7. The van der Waals surface area contributed by atoms with Crippen LogP contribution in [0.4, 0.5) is 0 Å². The van der Waals surface area contributed by atoms with E-state index in [1.54, 1.807) is 0 Å². The maximum absolute atomic E-state index is 6.26. The van der Waals surface area contributed by atoms with Gasteiger partial charge in [0.15, 0.2) is 0 Å². The predicted octanol–water partition coefficient (Wildman–Crippen LogP) is 1.89. The van der Waals surface area contributed by atoms with E-state index in [4.69, 9.17) is 15.5 Å². The molecular formula is C14H19N3O. The molecule has 2 N–H and O–H groups in total. The van der Waals surface area contributed by atoms with E-state index in [9.17, 15) is 0 Å². The standard InChI is InChI=1S/C14H19N3O/c1-2-14-16-11-5-3-4-6-12(11)17(14)13-9-18-8-7-10(13)15/h3-6,10,13H,2,7-9,15H2,1H3. The Balaban J connectivity index is 2.13. The molecule has 18 heavy (non-hydrogen) atoms. The third-order valence-electron chi connectivity index (χ3n) is 3.70. The number of para-hydroxylation sites is 2. The van der Waals surface area contributed by atoms with E-state index in [2.05, 4.69) is 29.7 Å². The van der Waals surface area contributed by atoms with Gasteiger partial charge in [-0.05, 0) is 18.6 Å². The highest BCUT2D eigenvalue weighted by Crippen LogP contribution is 2.26. The van der Waals surface area contributed by atoms with Crippen molar-refractivity contribution in [2.75, 3.05) is 13.2 Å². The average Bonchev–Trinajstić information content (AvgIpc) is 2.78. The summed E-state index contributed by atoms with van der Waals surface area (Å²) in [5.41, 5.74) is 8.47. The number of ether oxygens (including phenoxy) is 1. The average molecular weight is 245 g/mol. The number of nitrogens with two attached hydrogens (primary N) is 1. The van der Waals surface area contributed by atoms with Crippen LogP contribution in [0.25, 0.3) is 11.0 Å². The van der Waals surface area contributed by atoms with E-state index in [1.165, 1.54) is 5.52 Å². The first-order chi connectivity index (χ1) is 8.81. The van der Waals surface area contributed by atoms with Gasteiger partial charge in [-0.15, -0.1) is 0 Å². The SMILES string of the molecule is CCc1nc2ccccc2n1C1COCCC1N. The number of aromatic nitrogens is 2. The molecule has 2 unspecified atom stereocenters. The van der Waals surface area contributed by atoms with Gasteiger partial charge in [0.2, 0.25) is 0 Å². The summed E-state index contributed by atoms with van der Waals surface area (Å²) < 4.78 is 7.87. The van der Waals surface area contributed by atoms with E-state index in [1.807, 2.05) is 6.07 Å². The van der Waals surface area contributed by atoms with Gasteiger partial charge in [-0.2, -0.15) is 0 Å². The molecule has 1 aromatic carbocycles. The van der Waals surface area contributed by atoms with Crippen LogP contribution in [0.2, 0.25) is 0 Å². The van der Waals surface area contributed by atoms with Crippen LogP contribution < -0.4 is 5.73 Å². The highest BCUT2D eigenvalue weighted by molar-refractivity contribution is 5.76. The van der Waals surface area contributed by atoms with E-state index in [0.717, 1.165) is 30.8 Å². The first-order valence-corrected chi connectivity index (χ1v) is 6.60. The summed E-state index contributed by atoms with van der Waals surface area (Å²) >= 11 is 0. The van der Waals surface area contributed by atoms with Gasteiger partial charge in [0, 0.05) is 19.1 Å². The van der Waals surface area contributed by atoms with Crippen LogP contribution in [0, 0.1) is 0 Å². The Hall–Kier alpha value is -1.39. The topological polar surface area (TPSA) is 53.1 Å². The van der Waals surface area contributed by atoms with Gasteiger partial charge in [-0.25, -0.2) is 4.98 Å². The van der Waals surface area contributed by atoms with E-state index < -0.39 is 0 Å². The van der Waals surface area contributed by atoms with Crippen LogP contribution in [-0.2, 0) is 11.2 Å². The van der Waals surface area contributed by atoms with Gasteiger partial charge >= 0.3 is 0 Å². The highest BCUT2D eigenvalue weighted by Gasteiger charge is 2.27. The van der Waals surface area contributed by atoms with Crippen LogP contribution >= 0.6 is 0 Å². The lowest BCUT2D eigenvalue weighted by atomic mass is 10.0. The molecule has 2 aromatic rings. The van der Waals surface area contributed by atoms with Crippen molar-refractivity contribution in [1.29, 1.82) is 0 Å². The summed E-state index contributed by atoms with van der Waals surface area (Å²) in [6, 6.07) is 8.61. The monoisotopic (exact) mass is 245 g/mol. The summed E-state index contributed by atoms with van der Waals surface area (Å²) in [5, 5.41) is 0. The fraction of sp³-hybridized carbons (Fsp3) is 0.500. The van der Waals surface area contributed by atoms with Gasteiger partial charge in [-0.3, -0.25) is 0 Å². The fourth-order valence-corrected chi connectivity index (χ4v) is 2.72. The number of nitrogens with zero attached hydrogens (tertiary/aromatic N) is 2. The maximum atomic E-state index is 6.26. The molecule has 0 bridgehead atoms. The molecule has 3 rings (SSSR count). The Kier molecular flexibility index (Phi) is 3.06. The normalized spacial score (nSPS) is 24.6. The highest BCUT2D eigenvalue weighted by atomic mass is 16.5. The Morgan fingerprint density at radius 2 is 2.28 bits per heavy atom. The lowest BCUT2D eigenvalue weighted by molar-refractivity contribution is 0.0472. The molecule has 0 amide bonds. The molecular weight excluding hydrogens is 226 g/mol. The summed E-state index contributed by atoms with van der Waals surface area (Å²) in [5.74, 6) is 1.10. The number of rotatable bonds is 2. The number of hydrogen-bond acceptors (Lipinski definition) is 3. The molecule has 0 spiro atoms. The van der Waals surface area contributed by atoms with Gasteiger partial charge in [0.1, 0.15) is 5.82 Å².